The van der Waals surface area contributed by atoms with E-state index in [4.69, 9.17) is 9.94 Å². The minimum absolute atomic E-state index is 0.185. The van der Waals surface area contributed by atoms with Gasteiger partial charge < -0.3 is 9.94 Å². The van der Waals surface area contributed by atoms with E-state index in [0.29, 0.717) is 37.9 Å². The summed E-state index contributed by atoms with van der Waals surface area (Å²) in [4.78, 5) is 23.1. The van der Waals surface area contributed by atoms with Crippen LogP contribution in [0.15, 0.2) is 66.1 Å². The molecule has 0 atom stereocenters. The summed E-state index contributed by atoms with van der Waals surface area (Å²) in [7, 11) is 0. The fourth-order valence-corrected chi connectivity index (χ4v) is 5.20. The van der Waals surface area contributed by atoms with Crippen molar-refractivity contribution in [1.82, 2.24) is 9.88 Å². The van der Waals surface area contributed by atoms with Crippen molar-refractivity contribution in [2.24, 2.45) is 5.16 Å². The van der Waals surface area contributed by atoms with Crippen molar-refractivity contribution < 1.29 is 27.9 Å². The molecule has 5 rings (SSSR count). The van der Waals surface area contributed by atoms with Gasteiger partial charge in [0.1, 0.15) is 5.60 Å². The van der Waals surface area contributed by atoms with E-state index in [2.05, 4.69) is 10.1 Å². The van der Waals surface area contributed by atoms with Crippen LogP contribution in [0.2, 0.25) is 0 Å². The highest BCUT2D eigenvalue weighted by Gasteiger charge is 2.43. The zero-order chi connectivity index (χ0) is 26.2. The molecule has 1 saturated heterocycles. The SMILES string of the molecule is Cc1cc(-c2cccnc2)cc(CN2CCC3(CC2)CC(c2ccc(C(=O)O)cc2)=NO3)c1C(F)(F)F. The summed E-state index contributed by atoms with van der Waals surface area (Å²) >= 11 is 0. The highest BCUT2D eigenvalue weighted by Crippen LogP contribution is 2.40. The van der Waals surface area contributed by atoms with Crippen LogP contribution in [0.5, 0.6) is 0 Å². The molecule has 37 heavy (non-hydrogen) atoms. The van der Waals surface area contributed by atoms with Crippen LogP contribution >= 0.6 is 0 Å². The van der Waals surface area contributed by atoms with Crippen molar-refractivity contribution in [3.05, 3.63) is 88.7 Å². The minimum Gasteiger partial charge on any atom is -0.478 e. The number of benzene rings is 2. The molecule has 9 heteroatoms. The summed E-state index contributed by atoms with van der Waals surface area (Å²) in [6.45, 7) is 2.85. The predicted molar refractivity (Wildman–Crippen MR) is 132 cm³/mol. The molecule has 1 N–H and O–H groups in total. The van der Waals surface area contributed by atoms with E-state index in [1.807, 2.05) is 11.0 Å². The Labute approximate surface area is 212 Å². The molecule has 3 heterocycles. The summed E-state index contributed by atoms with van der Waals surface area (Å²) in [5.74, 6) is -0.991. The van der Waals surface area contributed by atoms with Crippen LogP contribution < -0.4 is 0 Å². The monoisotopic (exact) mass is 509 g/mol. The number of carboxylic acids is 1. The normalized spacial score (nSPS) is 17.5. The molecule has 3 aromatic rings. The molecular formula is C28H26F3N3O3. The molecule has 0 unspecified atom stereocenters. The number of likely N-dealkylation sites (tertiary alicyclic amines) is 1. The lowest BCUT2D eigenvalue weighted by molar-refractivity contribution is -0.139. The Balaban J connectivity index is 1.29. The van der Waals surface area contributed by atoms with E-state index in [0.717, 1.165) is 16.8 Å². The molecule has 0 aliphatic carbocycles. The summed E-state index contributed by atoms with van der Waals surface area (Å²) in [6.07, 6.45) is 0.691. The lowest BCUT2D eigenvalue weighted by Gasteiger charge is -2.37. The topological polar surface area (TPSA) is 75.0 Å². The summed E-state index contributed by atoms with van der Waals surface area (Å²) in [5.41, 5.74) is 2.64. The van der Waals surface area contributed by atoms with E-state index in [-0.39, 0.29) is 23.2 Å². The van der Waals surface area contributed by atoms with Crippen LogP contribution in [0.1, 0.15) is 51.9 Å². The molecule has 0 radical (unpaired) electrons. The smallest absolute Gasteiger partial charge is 0.416 e. The standard InChI is InChI=1S/C28H26F3N3O3/c1-18-13-22(21-3-2-10-32-16-21)14-23(25(18)28(29,30)31)17-34-11-8-27(9-12-34)15-24(33-37-27)19-4-6-20(7-5-19)26(35)36/h2-7,10,13-14,16H,8-9,11-12,15,17H2,1H3,(H,35,36). The van der Waals surface area contributed by atoms with Gasteiger partial charge in [-0.2, -0.15) is 13.2 Å². The molecule has 192 valence electrons. The van der Waals surface area contributed by atoms with Crippen LogP contribution in [-0.2, 0) is 17.6 Å². The second kappa shape index (κ2) is 9.63. The Morgan fingerprint density at radius 1 is 1.08 bits per heavy atom. The van der Waals surface area contributed by atoms with Gasteiger partial charge in [-0.05, 0) is 53.4 Å². The van der Waals surface area contributed by atoms with E-state index in [1.165, 1.54) is 19.1 Å². The van der Waals surface area contributed by atoms with Crippen LogP contribution in [0.3, 0.4) is 0 Å². The number of pyridine rings is 1. The Morgan fingerprint density at radius 2 is 1.81 bits per heavy atom. The fourth-order valence-electron chi connectivity index (χ4n) is 5.20. The quantitative estimate of drug-likeness (QED) is 0.461. The number of hydrogen-bond donors (Lipinski definition) is 1. The minimum atomic E-state index is -4.45. The number of hydrogen-bond acceptors (Lipinski definition) is 5. The van der Waals surface area contributed by atoms with Gasteiger partial charge in [0.25, 0.3) is 0 Å². The van der Waals surface area contributed by atoms with Gasteiger partial charge in [0.05, 0.1) is 16.8 Å². The molecule has 2 aliphatic rings. The number of carboxylic acid groups (broad SMARTS) is 1. The first kappa shape index (κ1) is 25.0. The van der Waals surface area contributed by atoms with Gasteiger partial charge in [0.2, 0.25) is 0 Å². The molecular weight excluding hydrogens is 483 g/mol. The van der Waals surface area contributed by atoms with Gasteiger partial charge in [0, 0.05) is 56.9 Å². The maximum absolute atomic E-state index is 14.0. The van der Waals surface area contributed by atoms with E-state index < -0.39 is 23.3 Å². The summed E-state index contributed by atoms with van der Waals surface area (Å²) in [5, 5.41) is 13.4. The number of aromatic nitrogens is 1. The third-order valence-corrected chi connectivity index (χ3v) is 7.16. The number of piperidine rings is 1. The molecule has 0 bridgehead atoms. The zero-order valence-electron chi connectivity index (χ0n) is 20.3. The second-order valence-electron chi connectivity index (χ2n) is 9.71. The Morgan fingerprint density at radius 3 is 2.43 bits per heavy atom. The van der Waals surface area contributed by atoms with Gasteiger partial charge in [-0.15, -0.1) is 0 Å². The molecule has 0 saturated carbocycles. The lowest BCUT2D eigenvalue weighted by Crippen LogP contribution is -2.44. The molecule has 1 fully saturated rings. The van der Waals surface area contributed by atoms with Gasteiger partial charge in [-0.1, -0.05) is 29.4 Å². The maximum Gasteiger partial charge on any atom is 0.416 e. The Bertz CT molecular complexity index is 1330. The third kappa shape index (κ3) is 5.22. The highest BCUT2D eigenvalue weighted by atomic mass is 19.4. The highest BCUT2D eigenvalue weighted by molar-refractivity contribution is 6.02. The molecule has 1 aromatic heterocycles. The first-order valence-corrected chi connectivity index (χ1v) is 12.1. The Hall–Kier alpha value is -3.72. The first-order valence-electron chi connectivity index (χ1n) is 12.1. The number of aryl methyl sites for hydroxylation is 1. The van der Waals surface area contributed by atoms with Gasteiger partial charge in [-0.25, -0.2) is 4.79 Å². The summed E-state index contributed by atoms with van der Waals surface area (Å²) in [6, 6.07) is 13.3. The average Bonchev–Trinajstić information content (AvgIpc) is 3.28. The number of alkyl halides is 3. The number of carbonyl (C=O) groups is 1. The number of halogens is 3. The van der Waals surface area contributed by atoms with Crippen molar-refractivity contribution in [3.8, 4) is 11.1 Å². The first-order chi connectivity index (χ1) is 17.6. The van der Waals surface area contributed by atoms with Crippen LogP contribution in [0, 0.1) is 6.92 Å². The maximum atomic E-state index is 14.0. The fraction of sp³-hybridized carbons (Fsp3) is 0.321. The molecule has 2 aromatic carbocycles. The largest absolute Gasteiger partial charge is 0.478 e. The lowest BCUT2D eigenvalue weighted by atomic mass is 9.85. The number of nitrogens with zero attached hydrogens (tertiary/aromatic N) is 3. The van der Waals surface area contributed by atoms with Gasteiger partial charge in [0.15, 0.2) is 0 Å². The predicted octanol–water partition coefficient (Wildman–Crippen LogP) is 5.93. The van der Waals surface area contributed by atoms with Gasteiger partial charge >= 0.3 is 12.1 Å². The second-order valence-corrected chi connectivity index (χ2v) is 9.71. The van der Waals surface area contributed by atoms with Crippen molar-refractivity contribution in [3.63, 3.8) is 0 Å². The van der Waals surface area contributed by atoms with Gasteiger partial charge in [-0.3, -0.25) is 9.88 Å². The van der Waals surface area contributed by atoms with Crippen LogP contribution in [0.4, 0.5) is 13.2 Å². The Kier molecular flexibility index (Phi) is 6.49. The van der Waals surface area contributed by atoms with Crippen molar-refractivity contribution in [2.45, 2.75) is 44.5 Å². The van der Waals surface area contributed by atoms with E-state index in [9.17, 15) is 18.0 Å². The van der Waals surface area contributed by atoms with Crippen LogP contribution in [0.25, 0.3) is 11.1 Å². The van der Waals surface area contributed by atoms with Crippen molar-refractivity contribution in [1.29, 1.82) is 0 Å². The third-order valence-electron chi connectivity index (χ3n) is 7.16. The van der Waals surface area contributed by atoms with E-state index in [1.54, 1.807) is 42.7 Å². The van der Waals surface area contributed by atoms with Crippen molar-refractivity contribution in [2.75, 3.05) is 13.1 Å². The average molecular weight is 510 g/mol. The number of oxime groups is 1. The number of rotatable bonds is 5. The molecule has 6 nitrogen and oxygen atoms in total. The van der Waals surface area contributed by atoms with E-state index >= 15 is 0 Å². The molecule has 1 spiro atoms. The summed E-state index contributed by atoms with van der Waals surface area (Å²) < 4.78 is 42.0. The molecule has 0 amide bonds. The molecule has 2 aliphatic heterocycles. The van der Waals surface area contributed by atoms with Crippen molar-refractivity contribution >= 4 is 11.7 Å². The number of aromatic carboxylic acids is 1. The van der Waals surface area contributed by atoms with Crippen LogP contribution in [-0.4, -0.2) is 45.4 Å². The zero-order valence-corrected chi connectivity index (χ0v) is 20.3.